The van der Waals surface area contributed by atoms with E-state index in [0.717, 1.165) is 30.3 Å². The number of likely N-dealkylation sites (N-methyl/N-ethyl adjacent to an activating group) is 1. The Morgan fingerprint density at radius 3 is 2.83 bits per heavy atom. The number of carbonyl (C=O) groups is 1. The van der Waals surface area contributed by atoms with Gasteiger partial charge in [-0.05, 0) is 37.0 Å². The molecule has 0 spiro atoms. The van der Waals surface area contributed by atoms with E-state index in [1.807, 2.05) is 24.1 Å². The number of rotatable bonds is 4. The number of halogens is 1. The minimum atomic E-state index is 0.160. The van der Waals surface area contributed by atoms with E-state index < -0.39 is 0 Å². The number of hydrogen-bond acceptors (Lipinski definition) is 2. The Kier molecular flexibility index (Phi) is 4.40. The maximum Gasteiger partial charge on any atom is 0.225 e. The second kappa shape index (κ2) is 5.85. The molecule has 0 heterocycles. The molecule has 3 nitrogen and oxygen atoms in total. The summed E-state index contributed by atoms with van der Waals surface area (Å²) in [5.41, 5.74) is 6.96. The Morgan fingerprint density at radius 2 is 2.22 bits per heavy atom. The highest BCUT2D eigenvalue weighted by molar-refractivity contribution is 9.10. The summed E-state index contributed by atoms with van der Waals surface area (Å²) < 4.78 is 1.08. The fourth-order valence-electron chi connectivity index (χ4n) is 2.27. The molecule has 1 aromatic carbocycles. The fraction of sp³-hybridized carbons (Fsp3) is 0.500. The lowest BCUT2D eigenvalue weighted by Crippen LogP contribution is -2.46. The molecule has 98 valence electrons. The van der Waals surface area contributed by atoms with Crippen LogP contribution in [0.1, 0.15) is 18.4 Å². The van der Waals surface area contributed by atoms with Gasteiger partial charge in [-0.3, -0.25) is 4.79 Å². The molecule has 2 rings (SSSR count). The lowest BCUT2D eigenvalue weighted by atomic mass is 9.80. The quantitative estimate of drug-likeness (QED) is 0.926. The molecule has 1 saturated carbocycles. The fourth-order valence-corrected chi connectivity index (χ4v) is 2.72. The Morgan fingerprint density at radius 1 is 1.50 bits per heavy atom. The number of benzene rings is 1. The van der Waals surface area contributed by atoms with Gasteiger partial charge < -0.3 is 10.6 Å². The second-order valence-corrected chi connectivity index (χ2v) is 5.98. The van der Waals surface area contributed by atoms with Gasteiger partial charge in [0.1, 0.15) is 0 Å². The molecule has 0 radical (unpaired) electrons. The molecule has 4 heteroatoms. The maximum atomic E-state index is 12.0. The summed E-state index contributed by atoms with van der Waals surface area (Å²) in [6.45, 7) is 0.765. The molecule has 1 amide bonds. The summed E-state index contributed by atoms with van der Waals surface area (Å²) in [6.07, 6.45) is 2.58. The van der Waals surface area contributed by atoms with Crippen molar-refractivity contribution in [1.29, 1.82) is 0 Å². The first-order chi connectivity index (χ1) is 8.56. The van der Waals surface area contributed by atoms with E-state index >= 15 is 0 Å². The summed E-state index contributed by atoms with van der Waals surface area (Å²) >= 11 is 3.45. The van der Waals surface area contributed by atoms with E-state index in [2.05, 4.69) is 28.1 Å². The van der Waals surface area contributed by atoms with Gasteiger partial charge in [0.25, 0.3) is 0 Å². The number of carbonyl (C=O) groups excluding carboxylic acids is 1. The smallest absolute Gasteiger partial charge is 0.225 e. The summed E-state index contributed by atoms with van der Waals surface area (Å²) in [6, 6.07) is 8.44. The van der Waals surface area contributed by atoms with Crippen molar-refractivity contribution in [1.82, 2.24) is 4.90 Å². The molecular formula is C14H19BrN2O. The third-order valence-corrected chi connectivity index (χ3v) is 4.02. The molecule has 18 heavy (non-hydrogen) atoms. The Balaban J connectivity index is 1.81. The molecule has 0 aliphatic heterocycles. The van der Waals surface area contributed by atoms with Gasteiger partial charge in [0.2, 0.25) is 5.91 Å². The lowest BCUT2D eigenvalue weighted by molar-refractivity contribution is -0.137. The molecule has 1 aromatic rings. The van der Waals surface area contributed by atoms with Gasteiger partial charge in [-0.25, -0.2) is 0 Å². The van der Waals surface area contributed by atoms with Crippen molar-refractivity contribution in [3.8, 4) is 0 Å². The summed E-state index contributed by atoms with van der Waals surface area (Å²) in [4.78, 5) is 13.9. The zero-order valence-electron chi connectivity index (χ0n) is 10.6. The van der Waals surface area contributed by atoms with Crippen molar-refractivity contribution in [2.75, 3.05) is 13.6 Å². The molecule has 0 unspecified atom stereocenters. The third-order valence-electron chi connectivity index (χ3n) is 3.52. The van der Waals surface area contributed by atoms with Crippen LogP contribution in [0.2, 0.25) is 0 Å². The molecule has 1 aliphatic rings. The van der Waals surface area contributed by atoms with Crippen LogP contribution in [0.25, 0.3) is 0 Å². The average molecular weight is 311 g/mol. The summed E-state index contributed by atoms with van der Waals surface area (Å²) in [5, 5.41) is 0. The Labute approximate surface area is 116 Å². The molecule has 1 fully saturated rings. The number of hydrogen-bond donors (Lipinski definition) is 1. The normalized spacial score (nSPS) is 22.4. The van der Waals surface area contributed by atoms with Gasteiger partial charge in [-0.2, -0.15) is 0 Å². The van der Waals surface area contributed by atoms with Crippen LogP contribution in [0.4, 0.5) is 0 Å². The van der Waals surface area contributed by atoms with Crippen LogP contribution in [-0.2, 0) is 11.2 Å². The van der Waals surface area contributed by atoms with Crippen molar-refractivity contribution in [3.63, 3.8) is 0 Å². The van der Waals surface area contributed by atoms with Crippen molar-refractivity contribution in [2.24, 2.45) is 11.7 Å². The van der Waals surface area contributed by atoms with E-state index in [0.29, 0.717) is 0 Å². The third kappa shape index (κ3) is 3.33. The molecule has 0 aromatic heterocycles. The van der Waals surface area contributed by atoms with Gasteiger partial charge in [0.15, 0.2) is 0 Å². The zero-order valence-corrected chi connectivity index (χ0v) is 12.2. The van der Waals surface area contributed by atoms with E-state index in [4.69, 9.17) is 5.73 Å². The van der Waals surface area contributed by atoms with Gasteiger partial charge in [0.05, 0.1) is 0 Å². The van der Waals surface area contributed by atoms with Gasteiger partial charge in [-0.15, -0.1) is 0 Å². The highest BCUT2D eigenvalue weighted by Gasteiger charge is 2.33. The first kappa shape index (κ1) is 13.6. The maximum absolute atomic E-state index is 12.0. The van der Waals surface area contributed by atoms with E-state index in [1.165, 1.54) is 5.56 Å². The lowest BCUT2D eigenvalue weighted by Gasteiger charge is -2.34. The predicted molar refractivity (Wildman–Crippen MR) is 76.2 cm³/mol. The topological polar surface area (TPSA) is 46.3 Å². The van der Waals surface area contributed by atoms with Crippen molar-refractivity contribution in [3.05, 3.63) is 34.3 Å². The zero-order chi connectivity index (χ0) is 13.1. The van der Waals surface area contributed by atoms with Gasteiger partial charge in [-0.1, -0.05) is 28.1 Å². The second-order valence-electron chi connectivity index (χ2n) is 5.07. The predicted octanol–water partition coefficient (Wildman–Crippen LogP) is 2.19. The average Bonchev–Trinajstić information content (AvgIpc) is 2.31. The van der Waals surface area contributed by atoms with Crippen LogP contribution >= 0.6 is 15.9 Å². The van der Waals surface area contributed by atoms with Gasteiger partial charge >= 0.3 is 0 Å². The number of amides is 1. The molecule has 2 N–H and O–H groups in total. The van der Waals surface area contributed by atoms with Crippen LogP contribution in [0.5, 0.6) is 0 Å². The van der Waals surface area contributed by atoms with E-state index in [9.17, 15) is 4.79 Å². The minimum Gasteiger partial charge on any atom is -0.345 e. The van der Waals surface area contributed by atoms with Gasteiger partial charge in [0, 0.05) is 30.0 Å². The van der Waals surface area contributed by atoms with Crippen LogP contribution in [-0.4, -0.2) is 30.4 Å². The molecule has 0 bridgehead atoms. The molecule has 0 saturated heterocycles. The van der Waals surface area contributed by atoms with Crippen molar-refractivity contribution < 1.29 is 4.79 Å². The van der Waals surface area contributed by atoms with E-state index in [-0.39, 0.29) is 17.9 Å². The van der Waals surface area contributed by atoms with Crippen LogP contribution in [0.15, 0.2) is 28.7 Å². The first-order valence-corrected chi connectivity index (χ1v) is 7.10. The molecule has 0 atom stereocenters. The number of nitrogens with two attached hydrogens (primary N) is 1. The minimum absolute atomic E-state index is 0.160. The summed E-state index contributed by atoms with van der Waals surface area (Å²) in [7, 11) is 1.88. The SMILES string of the molecule is CN(CCc1cccc(Br)c1)C(=O)C1CC(N)C1. The highest BCUT2D eigenvalue weighted by Crippen LogP contribution is 2.27. The summed E-state index contributed by atoms with van der Waals surface area (Å²) in [5.74, 6) is 0.402. The molecular weight excluding hydrogens is 292 g/mol. The monoisotopic (exact) mass is 310 g/mol. The Hall–Kier alpha value is -0.870. The van der Waals surface area contributed by atoms with Crippen LogP contribution in [0, 0.1) is 5.92 Å². The van der Waals surface area contributed by atoms with Crippen LogP contribution in [0.3, 0.4) is 0 Å². The van der Waals surface area contributed by atoms with Crippen molar-refractivity contribution >= 4 is 21.8 Å². The molecule has 1 aliphatic carbocycles. The first-order valence-electron chi connectivity index (χ1n) is 6.31. The van der Waals surface area contributed by atoms with Crippen LogP contribution < -0.4 is 5.73 Å². The number of nitrogens with zero attached hydrogens (tertiary/aromatic N) is 1. The standard InChI is InChI=1S/C14H19BrN2O/c1-17(14(18)11-8-13(16)9-11)6-5-10-3-2-4-12(15)7-10/h2-4,7,11,13H,5-6,8-9,16H2,1H3. The Bertz CT molecular complexity index is 430. The largest absolute Gasteiger partial charge is 0.345 e. The highest BCUT2D eigenvalue weighted by atomic mass is 79.9. The van der Waals surface area contributed by atoms with E-state index in [1.54, 1.807) is 0 Å². The van der Waals surface area contributed by atoms with Crippen molar-refractivity contribution in [2.45, 2.75) is 25.3 Å².